The highest BCUT2D eigenvalue weighted by molar-refractivity contribution is 6.12. The summed E-state index contributed by atoms with van der Waals surface area (Å²) >= 11 is 0. The summed E-state index contributed by atoms with van der Waals surface area (Å²) in [6.07, 6.45) is 4.14. The number of imide groups is 1. The van der Waals surface area contributed by atoms with Crippen LogP contribution in [0.3, 0.4) is 0 Å². The van der Waals surface area contributed by atoms with Crippen LogP contribution in [0.1, 0.15) is 19.3 Å². The molecular formula is C23H33N5O11-2. The number of unbranched alkanes of at least 4 members (excludes halogenated alkanes) is 2. The van der Waals surface area contributed by atoms with Gasteiger partial charge in [-0.05, 0) is 19.3 Å². The van der Waals surface area contributed by atoms with Crippen LogP contribution < -0.4 is 15.5 Å². The summed E-state index contributed by atoms with van der Waals surface area (Å²) in [7, 11) is 0. The molecule has 0 radical (unpaired) electrons. The Morgan fingerprint density at radius 2 is 1.15 bits per heavy atom. The number of carbonyl (C=O) groups excluding carboxylic acids is 5. The van der Waals surface area contributed by atoms with E-state index in [1.165, 1.54) is 17.1 Å². The smallest absolute Gasteiger partial charge is 0.317 e. The van der Waals surface area contributed by atoms with Gasteiger partial charge >= 0.3 is 11.9 Å². The quantitative estimate of drug-likeness (QED) is 0.0837. The molecule has 1 heterocycles. The maximum absolute atomic E-state index is 12.5. The van der Waals surface area contributed by atoms with Gasteiger partial charge < -0.3 is 35.3 Å². The van der Waals surface area contributed by atoms with Crippen LogP contribution in [0.15, 0.2) is 12.2 Å². The van der Waals surface area contributed by atoms with Crippen LogP contribution in [-0.2, 0) is 33.6 Å². The second-order valence-corrected chi connectivity index (χ2v) is 8.80. The Hall–Kier alpha value is -3.89. The topological polar surface area (TPSA) is 231 Å². The molecule has 0 saturated heterocycles. The number of carboxylic acid groups (broad SMARTS) is 4. The van der Waals surface area contributed by atoms with E-state index >= 15 is 0 Å². The Bertz CT molecular complexity index is 849. The lowest BCUT2D eigenvalue weighted by Gasteiger charge is -2.29. The minimum absolute atomic E-state index is 0.0200. The molecule has 1 rings (SSSR count). The molecule has 3 N–H and O–H groups in total. The molecule has 0 saturated carbocycles. The molecule has 39 heavy (non-hydrogen) atoms. The maximum atomic E-state index is 12.5. The SMILES string of the molecule is O=C([O-])CN(CCN(CCN(CC(=O)[O-])CC(=O)O)CC(=O)NCCCCCN1C(=O)C=CC1=O)CC(=O)O. The molecule has 1 aliphatic rings. The predicted molar refractivity (Wildman–Crippen MR) is 127 cm³/mol. The van der Waals surface area contributed by atoms with Crippen LogP contribution in [0, 0.1) is 0 Å². The van der Waals surface area contributed by atoms with Gasteiger partial charge in [-0.15, -0.1) is 0 Å². The van der Waals surface area contributed by atoms with Gasteiger partial charge in [0.05, 0.1) is 31.6 Å². The van der Waals surface area contributed by atoms with Gasteiger partial charge in [-0.2, -0.15) is 0 Å². The summed E-state index contributed by atoms with van der Waals surface area (Å²) in [6, 6.07) is 0. The molecule has 1 aliphatic heterocycles. The van der Waals surface area contributed by atoms with Crippen molar-refractivity contribution in [1.29, 1.82) is 0 Å². The van der Waals surface area contributed by atoms with Crippen molar-refractivity contribution in [1.82, 2.24) is 24.9 Å². The molecule has 0 fully saturated rings. The second kappa shape index (κ2) is 17.6. The van der Waals surface area contributed by atoms with Crippen LogP contribution >= 0.6 is 0 Å². The summed E-state index contributed by atoms with van der Waals surface area (Å²) < 4.78 is 0. The monoisotopic (exact) mass is 555 g/mol. The second-order valence-electron chi connectivity index (χ2n) is 8.80. The summed E-state index contributed by atoms with van der Waals surface area (Å²) in [4.78, 5) is 84.3. The Balaban J connectivity index is 2.62. The first-order valence-electron chi connectivity index (χ1n) is 12.2. The van der Waals surface area contributed by atoms with Crippen molar-refractivity contribution in [3.8, 4) is 0 Å². The highest BCUT2D eigenvalue weighted by Crippen LogP contribution is 2.06. The third-order valence-corrected chi connectivity index (χ3v) is 5.54. The number of rotatable bonds is 22. The minimum atomic E-state index is -1.49. The number of amides is 3. The average molecular weight is 556 g/mol. The first kappa shape index (κ1) is 33.1. The Morgan fingerprint density at radius 1 is 0.692 bits per heavy atom. The molecule has 0 aromatic carbocycles. The number of carbonyl (C=O) groups is 7. The lowest BCUT2D eigenvalue weighted by atomic mass is 10.2. The first-order valence-corrected chi connectivity index (χ1v) is 12.2. The van der Waals surface area contributed by atoms with Gasteiger partial charge in [0.1, 0.15) is 0 Å². The number of nitrogens with one attached hydrogen (secondary N) is 1. The van der Waals surface area contributed by atoms with Gasteiger partial charge in [0, 0.05) is 64.5 Å². The molecule has 16 nitrogen and oxygen atoms in total. The predicted octanol–water partition coefficient (Wildman–Crippen LogP) is -5.23. The van der Waals surface area contributed by atoms with E-state index < -0.39 is 56.0 Å². The van der Waals surface area contributed by atoms with E-state index in [-0.39, 0.29) is 51.1 Å². The fourth-order valence-corrected chi connectivity index (χ4v) is 3.72. The molecule has 3 amide bonds. The zero-order chi connectivity index (χ0) is 29.4. The molecule has 0 atom stereocenters. The van der Waals surface area contributed by atoms with E-state index in [1.807, 2.05) is 0 Å². The van der Waals surface area contributed by atoms with Crippen LogP contribution in [0.5, 0.6) is 0 Å². The minimum Gasteiger partial charge on any atom is -0.549 e. The number of nitrogens with zero attached hydrogens (tertiary/aromatic N) is 4. The van der Waals surface area contributed by atoms with Gasteiger partial charge in [0.25, 0.3) is 11.8 Å². The fraction of sp³-hybridized carbons (Fsp3) is 0.609. The molecule has 0 bridgehead atoms. The van der Waals surface area contributed by atoms with Crippen LogP contribution in [0.25, 0.3) is 0 Å². The van der Waals surface area contributed by atoms with Gasteiger partial charge in [0.2, 0.25) is 5.91 Å². The third-order valence-electron chi connectivity index (χ3n) is 5.54. The Labute approximate surface area is 224 Å². The van der Waals surface area contributed by atoms with Crippen molar-refractivity contribution in [2.75, 3.05) is 72.0 Å². The van der Waals surface area contributed by atoms with Crippen molar-refractivity contribution >= 4 is 41.6 Å². The maximum Gasteiger partial charge on any atom is 0.317 e. The van der Waals surface area contributed by atoms with Crippen LogP contribution in [-0.4, -0.2) is 143 Å². The molecule has 0 aromatic heterocycles. The summed E-state index contributed by atoms with van der Waals surface area (Å²) in [5.74, 6) is -6.66. The van der Waals surface area contributed by atoms with Crippen LogP contribution in [0.2, 0.25) is 0 Å². The van der Waals surface area contributed by atoms with E-state index in [9.17, 15) is 43.8 Å². The van der Waals surface area contributed by atoms with Gasteiger partial charge in [-0.1, -0.05) is 0 Å². The largest absolute Gasteiger partial charge is 0.549 e. The van der Waals surface area contributed by atoms with E-state index in [2.05, 4.69) is 5.32 Å². The van der Waals surface area contributed by atoms with Gasteiger partial charge in [-0.25, -0.2) is 0 Å². The summed E-state index contributed by atoms with van der Waals surface area (Å²) in [5.41, 5.74) is 0. The summed E-state index contributed by atoms with van der Waals surface area (Å²) in [6.45, 7) is -2.25. The third kappa shape index (κ3) is 15.2. The van der Waals surface area contributed by atoms with E-state index in [0.717, 1.165) is 14.7 Å². The molecule has 218 valence electrons. The number of hydrogen-bond acceptors (Lipinski definition) is 12. The van der Waals surface area contributed by atoms with E-state index in [0.29, 0.717) is 25.8 Å². The standard InChI is InChI=1S/C23H35N5O11/c29-17(24-6-2-1-3-7-28-18(30)4-5-19(28)31)12-25(8-10-26(13-20(32)33)14-21(34)35)9-11-27(15-22(36)37)16-23(38)39/h4-5H,1-3,6-16H2,(H,24,29)(H,32,33)(H,34,35)(H,36,37)(H,38,39)/p-2. The highest BCUT2D eigenvalue weighted by Gasteiger charge is 2.22. The van der Waals surface area contributed by atoms with Crippen molar-refractivity contribution in [2.24, 2.45) is 0 Å². The van der Waals surface area contributed by atoms with Crippen molar-refractivity contribution in [3.05, 3.63) is 12.2 Å². The number of hydrogen-bond donors (Lipinski definition) is 3. The number of aliphatic carboxylic acids is 4. The Kier molecular flexibility index (Phi) is 14.9. The molecule has 0 aliphatic carbocycles. The highest BCUT2D eigenvalue weighted by atomic mass is 16.4. The van der Waals surface area contributed by atoms with Crippen LogP contribution in [0.4, 0.5) is 0 Å². The lowest BCUT2D eigenvalue weighted by Crippen LogP contribution is -2.48. The lowest BCUT2D eigenvalue weighted by molar-refractivity contribution is -0.307. The Morgan fingerprint density at radius 3 is 1.59 bits per heavy atom. The molecule has 0 spiro atoms. The van der Waals surface area contributed by atoms with Gasteiger partial charge in [0.15, 0.2) is 0 Å². The molecule has 0 aromatic rings. The normalized spacial score (nSPS) is 13.1. The molecular weight excluding hydrogens is 522 g/mol. The van der Waals surface area contributed by atoms with Crippen molar-refractivity contribution < 1.29 is 54.0 Å². The van der Waals surface area contributed by atoms with Crippen molar-refractivity contribution in [2.45, 2.75) is 19.3 Å². The fourth-order valence-electron chi connectivity index (χ4n) is 3.72. The number of carboxylic acids is 4. The van der Waals surface area contributed by atoms with Crippen molar-refractivity contribution in [3.63, 3.8) is 0 Å². The molecule has 0 unspecified atom stereocenters. The van der Waals surface area contributed by atoms with E-state index in [1.54, 1.807) is 0 Å². The molecule has 16 heteroatoms. The summed E-state index contributed by atoms with van der Waals surface area (Å²) in [5, 5.41) is 42.6. The zero-order valence-corrected chi connectivity index (χ0v) is 21.4. The van der Waals surface area contributed by atoms with E-state index in [4.69, 9.17) is 10.2 Å². The zero-order valence-electron chi connectivity index (χ0n) is 21.4. The first-order chi connectivity index (χ1) is 18.4. The van der Waals surface area contributed by atoms with Gasteiger partial charge in [-0.3, -0.25) is 43.6 Å². The average Bonchev–Trinajstić information content (AvgIpc) is 3.13.